The molecule has 0 amide bonds. The summed E-state index contributed by atoms with van der Waals surface area (Å²) in [5.41, 5.74) is 0.991. The molecular weight excluding hydrogens is 410 g/mol. The Hall–Kier alpha value is -2.83. The van der Waals surface area contributed by atoms with Gasteiger partial charge >= 0.3 is 11.7 Å². The van der Waals surface area contributed by atoms with E-state index in [0.29, 0.717) is 25.0 Å². The Bertz CT molecular complexity index is 976. The zero-order valence-electron chi connectivity index (χ0n) is 16.5. The number of nitrogens with zero attached hydrogens (tertiary/aromatic N) is 2. The van der Waals surface area contributed by atoms with Gasteiger partial charge in [0.15, 0.2) is 17.6 Å². The molecule has 0 saturated carbocycles. The summed E-state index contributed by atoms with van der Waals surface area (Å²) in [5, 5.41) is 29.1. The van der Waals surface area contributed by atoms with Crippen molar-refractivity contribution in [1.29, 1.82) is 0 Å². The first-order valence-corrected chi connectivity index (χ1v) is 9.85. The van der Waals surface area contributed by atoms with E-state index in [0.717, 1.165) is 4.57 Å². The fourth-order valence-electron chi connectivity index (χ4n) is 3.81. The SMILES string of the molecule is O=C(ONc1ccn([C@@H]2O[C@H](CO)[C@@H](O)[C@H]2O)c(=O)n1)[C@@]1(c2ccccc2)CCCO1. The Morgan fingerprint density at radius 3 is 2.65 bits per heavy atom. The third-order valence-electron chi connectivity index (χ3n) is 5.46. The zero-order chi connectivity index (χ0) is 22.0. The number of nitrogens with one attached hydrogen (secondary N) is 1. The lowest BCUT2D eigenvalue weighted by Gasteiger charge is -2.26. The topological polar surface area (TPSA) is 152 Å². The van der Waals surface area contributed by atoms with Crippen molar-refractivity contribution in [3.8, 4) is 0 Å². The molecule has 1 aromatic heterocycles. The second-order valence-corrected chi connectivity index (χ2v) is 7.37. The van der Waals surface area contributed by atoms with Crippen LogP contribution in [0, 0.1) is 0 Å². The number of rotatable bonds is 6. The molecule has 0 aliphatic carbocycles. The van der Waals surface area contributed by atoms with Crippen molar-refractivity contribution in [2.75, 3.05) is 18.7 Å². The molecule has 5 atom stereocenters. The van der Waals surface area contributed by atoms with Crippen molar-refractivity contribution in [3.63, 3.8) is 0 Å². The predicted octanol–water partition coefficient (Wildman–Crippen LogP) is -0.569. The maximum Gasteiger partial charge on any atom is 0.368 e. The largest absolute Gasteiger partial charge is 0.394 e. The molecule has 0 unspecified atom stereocenters. The van der Waals surface area contributed by atoms with Crippen LogP contribution in [0.3, 0.4) is 0 Å². The number of carbonyl (C=O) groups excluding carboxylic acids is 1. The predicted molar refractivity (Wildman–Crippen MR) is 105 cm³/mol. The minimum atomic E-state index is -1.42. The standard InChI is InChI=1S/C20H23N3O8/c24-11-13-15(25)16(26)17(30-13)23-9-7-14(21-19(23)28)22-31-18(27)20(8-4-10-29-20)12-5-2-1-3-6-12/h1-3,5-7,9,13,15-17,24-26H,4,8,10-11H2,(H,21,22,28)/t13-,15-,16-,17-,20+/m1/s1. The molecule has 1 aromatic carbocycles. The van der Waals surface area contributed by atoms with Gasteiger partial charge in [-0.1, -0.05) is 30.3 Å². The van der Waals surface area contributed by atoms with E-state index in [9.17, 15) is 24.9 Å². The summed E-state index contributed by atoms with van der Waals surface area (Å²) in [5.74, 6) is -0.701. The second-order valence-electron chi connectivity index (χ2n) is 7.37. The average molecular weight is 433 g/mol. The fourth-order valence-corrected chi connectivity index (χ4v) is 3.81. The highest BCUT2D eigenvalue weighted by molar-refractivity contribution is 5.82. The second kappa shape index (κ2) is 8.73. The summed E-state index contributed by atoms with van der Waals surface area (Å²) in [4.78, 5) is 34.1. The Balaban J connectivity index is 1.46. The molecule has 11 heteroatoms. The summed E-state index contributed by atoms with van der Waals surface area (Å²) in [7, 11) is 0. The molecule has 4 N–H and O–H groups in total. The van der Waals surface area contributed by atoms with E-state index in [1.54, 1.807) is 24.3 Å². The summed E-state index contributed by atoms with van der Waals surface area (Å²) >= 11 is 0. The highest BCUT2D eigenvalue weighted by Crippen LogP contribution is 2.37. The minimum absolute atomic E-state index is 0.0393. The number of aliphatic hydroxyl groups is 3. The van der Waals surface area contributed by atoms with E-state index < -0.39 is 48.4 Å². The lowest BCUT2D eigenvalue weighted by Crippen LogP contribution is -2.38. The van der Waals surface area contributed by atoms with Crippen LogP contribution in [0.2, 0.25) is 0 Å². The van der Waals surface area contributed by atoms with Crippen LogP contribution in [0.15, 0.2) is 47.4 Å². The van der Waals surface area contributed by atoms with Crippen LogP contribution in [0.25, 0.3) is 0 Å². The van der Waals surface area contributed by atoms with Gasteiger partial charge in [0.2, 0.25) is 0 Å². The van der Waals surface area contributed by atoms with E-state index in [1.165, 1.54) is 12.3 Å². The van der Waals surface area contributed by atoms with E-state index in [4.69, 9.17) is 14.3 Å². The highest BCUT2D eigenvalue weighted by Gasteiger charge is 2.47. The monoisotopic (exact) mass is 433 g/mol. The van der Waals surface area contributed by atoms with Crippen molar-refractivity contribution < 1.29 is 34.4 Å². The minimum Gasteiger partial charge on any atom is -0.394 e. The van der Waals surface area contributed by atoms with Gasteiger partial charge in [-0.15, -0.1) is 0 Å². The molecule has 31 heavy (non-hydrogen) atoms. The molecule has 0 radical (unpaired) electrons. The van der Waals surface area contributed by atoms with E-state index in [1.807, 2.05) is 6.07 Å². The first kappa shape index (κ1) is 21.4. The molecule has 3 heterocycles. The Kier molecular flexibility index (Phi) is 6.03. The van der Waals surface area contributed by atoms with Gasteiger partial charge in [0.1, 0.15) is 18.3 Å². The molecule has 2 fully saturated rings. The molecule has 2 aliphatic heterocycles. The van der Waals surface area contributed by atoms with Gasteiger partial charge in [0, 0.05) is 18.9 Å². The van der Waals surface area contributed by atoms with Gasteiger partial charge in [0.05, 0.1) is 6.61 Å². The maximum absolute atomic E-state index is 12.8. The van der Waals surface area contributed by atoms with Gasteiger partial charge in [-0.3, -0.25) is 4.57 Å². The number of aliphatic hydroxyl groups excluding tert-OH is 3. The molecular formula is C20H23N3O8. The first-order valence-electron chi connectivity index (χ1n) is 9.85. The van der Waals surface area contributed by atoms with Crippen LogP contribution in [0.1, 0.15) is 24.6 Å². The molecule has 0 spiro atoms. The first-order chi connectivity index (χ1) is 15.0. The molecule has 2 aliphatic rings. The number of carbonyl (C=O) groups is 1. The number of hydrogen-bond donors (Lipinski definition) is 4. The molecule has 11 nitrogen and oxygen atoms in total. The van der Waals surface area contributed by atoms with Crippen LogP contribution in [-0.4, -0.2) is 62.4 Å². The van der Waals surface area contributed by atoms with Gasteiger partial charge in [-0.25, -0.2) is 15.1 Å². The van der Waals surface area contributed by atoms with E-state index >= 15 is 0 Å². The molecule has 0 bridgehead atoms. The lowest BCUT2D eigenvalue weighted by atomic mass is 9.91. The zero-order valence-corrected chi connectivity index (χ0v) is 16.5. The van der Waals surface area contributed by atoms with Gasteiger partial charge in [0.25, 0.3) is 0 Å². The fraction of sp³-hybridized carbons (Fsp3) is 0.450. The molecule has 4 rings (SSSR count). The number of anilines is 1. The van der Waals surface area contributed by atoms with Crippen LogP contribution >= 0.6 is 0 Å². The van der Waals surface area contributed by atoms with Crippen molar-refractivity contribution in [3.05, 3.63) is 58.6 Å². The highest BCUT2D eigenvalue weighted by atomic mass is 16.7. The van der Waals surface area contributed by atoms with Crippen LogP contribution < -0.4 is 11.2 Å². The van der Waals surface area contributed by atoms with Gasteiger partial charge < -0.3 is 29.6 Å². The molecule has 166 valence electrons. The van der Waals surface area contributed by atoms with Gasteiger partial charge in [-0.2, -0.15) is 4.98 Å². The maximum atomic E-state index is 12.8. The number of hydrogen-bond acceptors (Lipinski definition) is 10. The Morgan fingerprint density at radius 2 is 2.03 bits per heavy atom. The quantitative estimate of drug-likeness (QED) is 0.436. The normalized spacial score (nSPS) is 30.3. The smallest absolute Gasteiger partial charge is 0.368 e. The van der Waals surface area contributed by atoms with E-state index in [2.05, 4.69) is 10.5 Å². The molecule has 2 saturated heterocycles. The summed E-state index contributed by atoms with van der Waals surface area (Å²) in [6.45, 7) is -0.0968. The number of ether oxygens (including phenoxy) is 2. The summed E-state index contributed by atoms with van der Waals surface area (Å²) in [6, 6.07) is 10.4. The molecule has 2 aromatic rings. The van der Waals surface area contributed by atoms with Crippen molar-refractivity contribution in [2.45, 2.75) is 43.0 Å². The average Bonchev–Trinajstić information content (AvgIpc) is 3.39. The third kappa shape index (κ3) is 3.93. The van der Waals surface area contributed by atoms with Crippen LogP contribution in [-0.2, 0) is 24.7 Å². The van der Waals surface area contributed by atoms with Crippen LogP contribution in [0.4, 0.5) is 5.82 Å². The van der Waals surface area contributed by atoms with Crippen molar-refractivity contribution in [2.24, 2.45) is 0 Å². The van der Waals surface area contributed by atoms with Gasteiger partial charge in [-0.05, 0) is 18.4 Å². The van der Waals surface area contributed by atoms with Crippen LogP contribution in [0.5, 0.6) is 0 Å². The summed E-state index contributed by atoms with van der Waals surface area (Å²) < 4.78 is 12.0. The number of benzene rings is 1. The summed E-state index contributed by atoms with van der Waals surface area (Å²) in [6.07, 6.45) is -2.58. The number of aromatic nitrogens is 2. The van der Waals surface area contributed by atoms with E-state index in [-0.39, 0.29) is 5.82 Å². The Morgan fingerprint density at radius 1 is 1.26 bits per heavy atom. The lowest BCUT2D eigenvalue weighted by molar-refractivity contribution is -0.165. The van der Waals surface area contributed by atoms with Crippen molar-refractivity contribution in [1.82, 2.24) is 9.55 Å². The third-order valence-corrected chi connectivity index (χ3v) is 5.46. The Labute approximate surface area is 176 Å². The van der Waals surface area contributed by atoms with Crippen molar-refractivity contribution >= 4 is 11.8 Å².